The molecule has 2 aromatic rings. The molecule has 0 amide bonds. The molecule has 0 aliphatic rings. The van der Waals surface area contributed by atoms with Gasteiger partial charge in [0.25, 0.3) is 0 Å². The van der Waals surface area contributed by atoms with E-state index in [9.17, 15) is 5.11 Å². The molecule has 5 heteroatoms. The van der Waals surface area contributed by atoms with Crippen molar-refractivity contribution in [2.24, 2.45) is 0 Å². The fourth-order valence-electron chi connectivity index (χ4n) is 1.41. The van der Waals surface area contributed by atoms with Crippen molar-refractivity contribution in [2.75, 3.05) is 0 Å². The van der Waals surface area contributed by atoms with E-state index in [4.69, 9.17) is 11.6 Å². The Hall–Kier alpha value is -1.52. The molecule has 1 aromatic heterocycles. The number of phenols is 1. The van der Waals surface area contributed by atoms with Crippen LogP contribution in [-0.2, 0) is 13.1 Å². The molecule has 0 aliphatic heterocycles. The second-order valence-electron chi connectivity index (χ2n) is 3.41. The van der Waals surface area contributed by atoms with Crippen LogP contribution in [0.5, 0.6) is 5.75 Å². The number of H-pyrrole nitrogens is 1. The Kier molecular flexibility index (Phi) is 3.44. The summed E-state index contributed by atoms with van der Waals surface area (Å²) in [7, 11) is 0. The average Bonchev–Trinajstić information content (AvgIpc) is 2.76. The lowest BCUT2D eigenvalue weighted by Gasteiger charge is -2.06. The molecule has 0 fully saturated rings. The molecule has 0 unspecified atom stereocenters. The molecule has 0 atom stereocenters. The standard InChI is InChI=1S/C11H12ClN3O/c12-9-1-2-10(16)8(5-9)6-13-7-11-14-3-4-15-11/h1-5,13,16H,6-7H2,(H,14,15). The fraction of sp³-hybridized carbons (Fsp3) is 0.182. The van der Waals surface area contributed by atoms with Gasteiger partial charge in [-0.05, 0) is 18.2 Å². The van der Waals surface area contributed by atoms with E-state index in [0.717, 1.165) is 11.4 Å². The van der Waals surface area contributed by atoms with Crippen molar-refractivity contribution in [3.8, 4) is 5.75 Å². The normalized spacial score (nSPS) is 10.6. The van der Waals surface area contributed by atoms with Gasteiger partial charge in [0.2, 0.25) is 0 Å². The molecule has 0 aliphatic carbocycles. The number of aromatic amines is 1. The van der Waals surface area contributed by atoms with E-state index in [1.165, 1.54) is 0 Å². The smallest absolute Gasteiger partial charge is 0.120 e. The van der Waals surface area contributed by atoms with Gasteiger partial charge >= 0.3 is 0 Å². The zero-order valence-electron chi connectivity index (χ0n) is 8.57. The van der Waals surface area contributed by atoms with Crippen molar-refractivity contribution < 1.29 is 5.11 Å². The number of aromatic hydroxyl groups is 1. The average molecular weight is 238 g/mol. The number of phenolic OH excluding ortho intramolecular Hbond substituents is 1. The summed E-state index contributed by atoms with van der Waals surface area (Å²) in [6, 6.07) is 4.99. The van der Waals surface area contributed by atoms with Crippen molar-refractivity contribution in [1.82, 2.24) is 15.3 Å². The molecule has 16 heavy (non-hydrogen) atoms. The van der Waals surface area contributed by atoms with Gasteiger partial charge in [-0.1, -0.05) is 11.6 Å². The van der Waals surface area contributed by atoms with Crippen LogP contribution in [0.3, 0.4) is 0 Å². The number of nitrogens with zero attached hydrogens (tertiary/aromatic N) is 1. The summed E-state index contributed by atoms with van der Waals surface area (Å²) in [5, 5.41) is 13.3. The lowest BCUT2D eigenvalue weighted by molar-refractivity contribution is 0.464. The zero-order valence-corrected chi connectivity index (χ0v) is 9.33. The minimum absolute atomic E-state index is 0.247. The summed E-state index contributed by atoms with van der Waals surface area (Å²) < 4.78 is 0. The molecule has 3 N–H and O–H groups in total. The summed E-state index contributed by atoms with van der Waals surface area (Å²) >= 11 is 5.84. The summed E-state index contributed by atoms with van der Waals surface area (Å²) in [6.45, 7) is 1.17. The summed E-state index contributed by atoms with van der Waals surface area (Å²) in [4.78, 5) is 7.07. The van der Waals surface area contributed by atoms with Gasteiger partial charge in [0.15, 0.2) is 0 Å². The van der Waals surface area contributed by atoms with Crippen molar-refractivity contribution >= 4 is 11.6 Å². The number of aromatic nitrogens is 2. The predicted molar refractivity (Wildman–Crippen MR) is 62.2 cm³/mol. The first-order valence-electron chi connectivity index (χ1n) is 4.92. The largest absolute Gasteiger partial charge is 0.508 e. The van der Waals surface area contributed by atoms with Crippen molar-refractivity contribution in [2.45, 2.75) is 13.1 Å². The van der Waals surface area contributed by atoms with Gasteiger partial charge in [0.05, 0.1) is 6.54 Å². The monoisotopic (exact) mass is 237 g/mol. The minimum Gasteiger partial charge on any atom is -0.508 e. The van der Waals surface area contributed by atoms with E-state index in [2.05, 4.69) is 15.3 Å². The maximum absolute atomic E-state index is 9.57. The highest BCUT2D eigenvalue weighted by Gasteiger charge is 2.02. The van der Waals surface area contributed by atoms with Gasteiger partial charge in [0.1, 0.15) is 11.6 Å². The first kappa shape index (κ1) is 11.0. The molecule has 2 rings (SSSR count). The summed E-state index contributed by atoms with van der Waals surface area (Å²) in [5.74, 6) is 1.11. The van der Waals surface area contributed by atoms with Crippen molar-refractivity contribution in [3.63, 3.8) is 0 Å². The molecule has 0 saturated heterocycles. The maximum atomic E-state index is 9.57. The molecule has 84 valence electrons. The Morgan fingerprint density at radius 3 is 3.00 bits per heavy atom. The SMILES string of the molecule is Oc1ccc(Cl)cc1CNCc1ncc[nH]1. The molecule has 1 aromatic carbocycles. The van der Waals surface area contributed by atoms with Gasteiger partial charge in [-0.3, -0.25) is 0 Å². The fourth-order valence-corrected chi connectivity index (χ4v) is 1.60. The van der Waals surface area contributed by atoms with E-state index in [1.807, 2.05) is 0 Å². The van der Waals surface area contributed by atoms with E-state index in [1.54, 1.807) is 30.6 Å². The Labute approximate surface area is 98.3 Å². The second-order valence-corrected chi connectivity index (χ2v) is 3.85. The third kappa shape index (κ3) is 2.74. The molecule has 1 heterocycles. The zero-order chi connectivity index (χ0) is 11.4. The lowest BCUT2D eigenvalue weighted by atomic mass is 10.2. The van der Waals surface area contributed by atoms with E-state index >= 15 is 0 Å². The van der Waals surface area contributed by atoms with Gasteiger partial charge in [-0.25, -0.2) is 4.98 Å². The number of imidazole rings is 1. The molecule has 0 radical (unpaired) electrons. The van der Waals surface area contributed by atoms with Crippen LogP contribution in [0, 0.1) is 0 Å². The van der Waals surface area contributed by atoms with Crippen LogP contribution in [0.2, 0.25) is 5.02 Å². The van der Waals surface area contributed by atoms with Gasteiger partial charge in [0, 0.05) is 29.5 Å². The number of halogens is 1. The molecular weight excluding hydrogens is 226 g/mol. The van der Waals surface area contributed by atoms with E-state index < -0.39 is 0 Å². The molecule has 0 saturated carbocycles. The Balaban J connectivity index is 1.92. The lowest BCUT2D eigenvalue weighted by Crippen LogP contribution is -2.13. The van der Waals surface area contributed by atoms with Gasteiger partial charge in [-0.2, -0.15) is 0 Å². The highest BCUT2D eigenvalue weighted by Crippen LogP contribution is 2.21. The van der Waals surface area contributed by atoms with Crippen LogP contribution < -0.4 is 5.32 Å². The number of rotatable bonds is 4. The molecule has 0 bridgehead atoms. The Morgan fingerprint density at radius 2 is 2.25 bits per heavy atom. The van der Waals surface area contributed by atoms with Gasteiger partial charge in [-0.15, -0.1) is 0 Å². The van der Waals surface area contributed by atoms with Crippen molar-refractivity contribution in [3.05, 3.63) is 47.0 Å². The quantitative estimate of drug-likeness (QED) is 0.763. The summed E-state index contributed by atoms with van der Waals surface area (Å²) in [5.41, 5.74) is 0.777. The highest BCUT2D eigenvalue weighted by molar-refractivity contribution is 6.30. The van der Waals surface area contributed by atoms with Crippen LogP contribution in [0.25, 0.3) is 0 Å². The van der Waals surface area contributed by atoms with Crippen LogP contribution in [0.15, 0.2) is 30.6 Å². The first-order chi connectivity index (χ1) is 7.75. The summed E-state index contributed by atoms with van der Waals surface area (Å²) in [6.07, 6.45) is 3.47. The van der Waals surface area contributed by atoms with E-state index in [0.29, 0.717) is 18.1 Å². The molecular formula is C11H12ClN3O. The first-order valence-corrected chi connectivity index (χ1v) is 5.30. The highest BCUT2D eigenvalue weighted by atomic mass is 35.5. The number of benzene rings is 1. The number of nitrogens with one attached hydrogen (secondary N) is 2. The van der Waals surface area contributed by atoms with Crippen LogP contribution in [0.4, 0.5) is 0 Å². The van der Waals surface area contributed by atoms with Gasteiger partial charge < -0.3 is 15.4 Å². The molecule has 0 spiro atoms. The second kappa shape index (κ2) is 5.01. The topological polar surface area (TPSA) is 60.9 Å². The Morgan fingerprint density at radius 1 is 1.38 bits per heavy atom. The third-order valence-corrected chi connectivity index (χ3v) is 2.44. The van der Waals surface area contributed by atoms with Crippen LogP contribution in [-0.4, -0.2) is 15.1 Å². The maximum Gasteiger partial charge on any atom is 0.120 e. The van der Waals surface area contributed by atoms with E-state index in [-0.39, 0.29) is 5.75 Å². The third-order valence-electron chi connectivity index (χ3n) is 2.20. The van der Waals surface area contributed by atoms with Crippen LogP contribution in [0.1, 0.15) is 11.4 Å². The van der Waals surface area contributed by atoms with Crippen LogP contribution >= 0.6 is 11.6 Å². The number of hydrogen-bond acceptors (Lipinski definition) is 3. The number of hydrogen-bond donors (Lipinski definition) is 3. The minimum atomic E-state index is 0.247. The predicted octanol–water partition coefficient (Wildman–Crippen LogP) is 2.06. The van der Waals surface area contributed by atoms with Crippen molar-refractivity contribution in [1.29, 1.82) is 0 Å². The molecule has 4 nitrogen and oxygen atoms in total. The Bertz CT molecular complexity index is 456.